The lowest BCUT2D eigenvalue weighted by atomic mass is 10.1. The summed E-state index contributed by atoms with van der Waals surface area (Å²) in [6.45, 7) is 0. The van der Waals surface area contributed by atoms with Gasteiger partial charge >= 0.3 is 6.18 Å². The summed E-state index contributed by atoms with van der Waals surface area (Å²) >= 11 is 0. The number of hydrogen-bond donors (Lipinski definition) is 1. The van der Waals surface area contributed by atoms with Crippen LogP contribution in [0.15, 0.2) is 48.5 Å². The number of alkyl halides is 3. The third-order valence-electron chi connectivity index (χ3n) is 3.07. The molecule has 1 N–H and O–H groups in total. The minimum absolute atomic E-state index is 0.408. The van der Waals surface area contributed by atoms with Crippen LogP contribution in [0.2, 0.25) is 0 Å². The summed E-state index contributed by atoms with van der Waals surface area (Å²) in [4.78, 5) is 7.25. The number of rotatable bonds is 2. The van der Waals surface area contributed by atoms with Crippen LogP contribution in [0.5, 0.6) is 0 Å². The SMILES string of the molecule is FC(F)(F)c1ccc2nc(Cc3ccccc3)[nH]c2c1. The monoisotopic (exact) mass is 276 g/mol. The molecule has 0 aliphatic heterocycles. The first kappa shape index (κ1) is 12.7. The van der Waals surface area contributed by atoms with Gasteiger partial charge in [-0.2, -0.15) is 13.2 Å². The van der Waals surface area contributed by atoms with Gasteiger partial charge in [0.05, 0.1) is 16.6 Å². The van der Waals surface area contributed by atoms with Crippen molar-refractivity contribution in [3.63, 3.8) is 0 Å². The number of benzene rings is 2. The number of aromatic nitrogens is 2. The van der Waals surface area contributed by atoms with E-state index in [-0.39, 0.29) is 0 Å². The van der Waals surface area contributed by atoms with Crippen molar-refractivity contribution in [2.75, 3.05) is 0 Å². The number of fused-ring (bicyclic) bond motifs is 1. The molecule has 0 amide bonds. The lowest BCUT2D eigenvalue weighted by molar-refractivity contribution is -0.137. The molecule has 0 unspecified atom stereocenters. The molecule has 0 aliphatic rings. The van der Waals surface area contributed by atoms with E-state index in [2.05, 4.69) is 9.97 Å². The number of aromatic amines is 1. The van der Waals surface area contributed by atoms with Crippen LogP contribution < -0.4 is 0 Å². The summed E-state index contributed by atoms with van der Waals surface area (Å²) in [5.74, 6) is 0.658. The number of halogens is 3. The van der Waals surface area contributed by atoms with E-state index in [0.717, 1.165) is 17.7 Å². The molecular formula is C15H11F3N2. The third-order valence-corrected chi connectivity index (χ3v) is 3.07. The maximum atomic E-state index is 12.6. The van der Waals surface area contributed by atoms with Crippen molar-refractivity contribution >= 4 is 11.0 Å². The Bertz CT molecular complexity index is 730. The van der Waals surface area contributed by atoms with Gasteiger partial charge in [0.15, 0.2) is 0 Å². The standard InChI is InChI=1S/C15H11F3N2/c16-15(17,18)11-6-7-12-13(9-11)20-14(19-12)8-10-4-2-1-3-5-10/h1-7,9H,8H2,(H,19,20). The molecule has 0 saturated carbocycles. The van der Waals surface area contributed by atoms with E-state index in [1.165, 1.54) is 6.07 Å². The minimum atomic E-state index is -4.33. The zero-order valence-corrected chi connectivity index (χ0v) is 10.4. The molecule has 102 valence electrons. The van der Waals surface area contributed by atoms with Crippen LogP contribution in [0, 0.1) is 0 Å². The van der Waals surface area contributed by atoms with Gasteiger partial charge in [0, 0.05) is 6.42 Å². The molecule has 0 atom stereocenters. The highest BCUT2D eigenvalue weighted by Gasteiger charge is 2.30. The molecule has 2 aromatic carbocycles. The van der Waals surface area contributed by atoms with Crippen molar-refractivity contribution in [2.45, 2.75) is 12.6 Å². The minimum Gasteiger partial charge on any atom is -0.342 e. The van der Waals surface area contributed by atoms with Gasteiger partial charge in [-0.15, -0.1) is 0 Å². The highest BCUT2D eigenvalue weighted by atomic mass is 19.4. The van der Waals surface area contributed by atoms with Gasteiger partial charge < -0.3 is 4.98 Å². The van der Waals surface area contributed by atoms with Crippen LogP contribution in [0.3, 0.4) is 0 Å². The molecule has 5 heteroatoms. The van der Waals surface area contributed by atoms with E-state index >= 15 is 0 Å². The van der Waals surface area contributed by atoms with Gasteiger partial charge in [0.25, 0.3) is 0 Å². The molecule has 0 radical (unpaired) electrons. The fourth-order valence-corrected chi connectivity index (χ4v) is 2.11. The molecule has 2 nitrogen and oxygen atoms in total. The van der Waals surface area contributed by atoms with E-state index in [0.29, 0.717) is 23.3 Å². The van der Waals surface area contributed by atoms with Crippen LogP contribution in [0.1, 0.15) is 17.0 Å². The maximum Gasteiger partial charge on any atom is 0.416 e. The maximum absolute atomic E-state index is 12.6. The largest absolute Gasteiger partial charge is 0.416 e. The fraction of sp³-hybridized carbons (Fsp3) is 0.133. The van der Waals surface area contributed by atoms with E-state index in [9.17, 15) is 13.2 Å². The van der Waals surface area contributed by atoms with Gasteiger partial charge in [-0.25, -0.2) is 4.98 Å². The normalized spacial score (nSPS) is 11.9. The van der Waals surface area contributed by atoms with Gasteiger partial charge in [-0.05, 0) is 23.8 Å². The first-order valence-electron chi connectivity index (χ1n) is 6.12. The van der Waals surface area contributed by atoms with Crippen LogP contribution in [0.4, 0.5) is 13.2 Å². The van der Waals surface area contributed by atoms with E-state index < -0.39 is 11.7 Å². The van der Waals surface area contributed by atoms with Crippen molar-refractivity contribution in [1.82, 2.24) is 9.97 Å². The van der Waals surface area contributed by atoms with Crippen molar-refractivity contribution in [3.05, 3.63) is 65.5 Å². The van der Waals surface area contributed by atoms with Gasteiger partial charge in [-0.3, -0.25) is 0 Å². The first-order chi connectivity index (χ1) is 9.52. The molecule has 0 bridgehead atoms. The highest BCUT2D eigenvalue weighted by molar-refractivity contribution is 5.76. The second-order valence-corrected chi connectivity index (χ2v) is 4.58. The lowest BCUT2D eigenvalue weighted by Gasteiger charge is -2.05. The van der Waals surface area contributed by atoms with E-state index in [4.69, 9.17) is 0 Å². The summed E-state index contributed by atoms with van der Waals surface area (Å²) < 4.78 is 37.9. The van der Waals surface area contributed by atoms with Crippen molar-refractivity contribution < 1.29 is 13.2 Å². The summed E-state index contributed by atoms with van der Waals surface area (Å²) in [5, 5.41) is 0. The number of nitrogens with zero attached hydrogens (tertiary/aromatic N) is 1. The zero-order valence-electron chi connectivity index (χ0n) is 10.4. The molecule has 0 saturated heterocycles. The Hall–Kier alpha value is -2.30. The van der Waals surface area contributed by atoms with Crippen LogP contribution in [0.25, 0.3) is 11.0 Å². The Morgan fingerprint density at radius 2 is 1.75 bits per heavy atom. The second-order valence-electron chi connectivity index (χ2n) is 4.58. The smallest absolute Gasteiger partial charge is 0.342 e. The van der Waals surface area contributed by atoms with Gasteiger partial charge in [-0.1, -0.05) is 30.3 Å². The van der Waals surface area contributed by atoms with E-state index in [1.54, 1.807) is 0 Å². The Kier molecular flexibility index (Phi) is 2.97. The summed E-state index contributed by atoms with van der Waals surface area (Å²) in [7, 11) is 0. The number of H-pyrrole nitrogens is 1. The predicted molar refractivity (Wildman–Crippen MR) is 70.3 cm³/mol. The quantitative estimate of drug-likeness (QED) is 0.747. The molecule has 0 fully saturated rings. The molecular weight excluding hydrogens is 265 g/mol. The fourth-order valence-electron chi connectivity index (χ4n) is 2.11. The van der Waals surface area contributed by atoms with Crippen LogP contribution in [-0.4, -0.2) is 9.97 Å². The van der Waals surface area contributed by atoms with Crippen LogP contribution in [-0.2, 0) is 12.6 Å². The Balaban J connectivity index is 1.95. The first-order valence-corrected chi connectivity index (χ1v) is 6.12. The van der Waals surface area contributed by atoms with Gasteiger partial charge in [0.1, 0.15) is 5.82 Å². The number of imidazole rings is 1. The van der Waals surface area contributed by atoms with Crippen molar-refractivity contribution in [2.24, 2.45) is 0 Å². The molecule has 1 heterocycles. The number of nitrogens with one attached hydrogen (secondary N) is 1. The highest BCUT2D eigenvalue weighted by Crippen LogP contribution is 2.30. The average Bonchev–Trinajstić information content (AvgIpc) is 2.80. The lowest BCUT2D eigenvalue weighted by Crippen LogP contribution is -2.04. The molecule has 3 rings (SSSR count). The van der Waals surface area contributed by atoms with Crippen molar-refractivity contribution in [3.8, 4) is 0 Å². The van der Waals surface area contributed by atoms with Crippen molar-refractivity contribution in [1.29, 1.82) is 0 Å². The molecule has 20 heavy (non-hydrogen) atoms. The topological polar surface area (TPSA) is 28.7 Å². The third kappa shape index (κ3) is 2.52. The molecule has 0 aliphatic carbocycles. The molecule has 0 spiro atoms. The molecule has 1 aromatic heterocycles. The predicted octanol–water partition coefficient (Wildman–Crippen LogP) is 4.17. The average molecular weight is 276 g/mol. The zero-order chi connectivity index (χ0) is 14.2. The molecule has 3 aromatic rings. The second kappa shape index (κ2) is 4.67. The Morgan fingerprint density at radius 3 is 2.45 bits per heavy atom. The summed E-state index contributed by atoms with van der Waals surface area (Å²) in [6, 6.07) is 13.2. The van der Waals surface area contributed by atoms with Gasteiger partial charge in [0.2, 0.25) is 0 Å². The van der Waals surface area contributed by atoms with E-state index in [1.807, 2.05) is 30.3 Å². The number of hydrogen-bond acceptors (Lipinski definition) is 1. The Labute approximate surface area is 113 Å². The summed E-state index contributed by atoms with van der Waals surface area (Å²) in [5.41, 5.74) is 1.34. The summed E-state index contributed by atoms with van der Waals surface area (Å²) in [6.07, 6.45) is -3.77. The van der Waals surface area contributed by atoms with Crippen LogP contribution >= 0.6 is 0 Å². The Morgan fingerprint density at radius 1 is 1.00 bits per heavy atom.